The van der Waals surface area contributed by atoms with E-state index in [9.17, 15) is 23.6 Å². The summed E-state index contributed by atoms with van der Waals surface area (Å²) >= 11 is 0. The molecular formula is C16H17N3O5S. The van der Waals surface area contributed by atoms with E-state index < -0.39 is 14.9 Å². The molecule has 0 aliphatic heterocycles. The van der Waals surface area contributed by atoms with Crippen molar-refractivity contribution in [3.8, 4) is 5.75 Å². The van der Waals surface area contributed by atoms with Gasteiger partial charge in [0.2, 0.25) is 10.0 Å². The van der Waals surface area contributed by atoms with Crippen molar-refractivity contribution in [2.24, 2.45) is 4.99 Å². The third kappa shape index (κ3) is 4.01. The number of nitro groups is 1. The second kappa shape index (κ2) is 6.99. The Kier molecular flexibility index (Phi) is 5.19. The molecular weight excluding hydrogens is 346 g/mol. The van der Waals surface area contributed by atoms with Crippen LogP contribution in [-0.4, -0.2) is 43.1 Å². The Morgan fingerprint density at radius 2 is 1.88 bits per heavy atom. The van der Waals surface area contributed by atoms with Gasteiger partial charge in [0.1, 0.15) is 5.75 Å². The molecule has 0 atom stereocenters. The van der Waals surface area contributed by atoms with Gasteiger partial charge in [-0.2, -0.15) is 0 Å². The fraction of sp³-hybridized carbons (Fsp3) is 0.188. The van der Waals surface area contributed by atoms with E-state index in [0.717, 1.165) is 9.87 Å². The van der Waals surface area contributed by atoms with Gasteiger partial charge in [0, 0.05) is 38.0 Å². The molecule has 0 fully saturated rings. The number of benzene rings is 2. The molecule has 9 heteroatoms. The Bertz CT molecular complexity index is 952. The number of hydrogen-bond donors (Lipinski definition) is 1. The topological polar surface area (TPSA) is 113 Å². The van der Waals surface area contributed by atoms with E-state index in [1.807, 2.05) is 0 Å². The molecule has 0 radical (unpaired) electrons. The van der Waals surface area contributed by atoms with E-state index >= 15 is 0 Å². The van der Waals surface area contributed by atoms with Gasteiger partial charge in [-0.25, -0.2) is 12.7 Å². The first-order valence-electron chi connectivity index (χ1n) is 7.17. The molecule has 0 aromatic heterocycles. The zero-order chi connectivity index (χ0) is 18.8. The highest BCUT2D eigenvalue weighted by Gasteiger charge is 2.18. The predicted molar refractivity (Wildman–Crippen MR) is 94.1 cm³/mol. The summed E-state index contributed by atoms with van der Waals surface area (Å²) in [6, 6.07) is 8.09. The normalized spacial score (nSPS) is 12.0. The smallest absolute Gasteiger partial charge is 0.270 e. The molecule has 2 aromatic rings. The largest absolute Gasteiger partial charge is 0.507 e. The van der Waals surface area contributed by atoms with Crippen LogP contribution in [0.1, 0.15) is 11.1 Å². The maximum Gasteiger partial charge on any atom is 0.270 e. The minimum atomic E-state index is -3.60. The Morgan fingerprint density at radius 1 is 1.20 bits per heavy atom. The lowest BCUT2D eigenvalue weighted by atomic mass is 10.2. The molecule has 2 rings (SSSR count). The van der Waals surface area contributed by atoms with Gasteiger partial charge >= 0.3 is 0 Å². The summed E-state index contributed by atoms with van der Waals surface area (Å²) in [6.45, 7) is 1.76. The molecule has 0 aliphatic carbocycles. The number of aromatic hydroxyl groups is 1. The Balaban J connectivity index is 2.46. The maximum atomic E-state index is 12.2. The number of hydrogen-bond acceptors (Lipinski definition) is 6. The van der Waals surface area contributed by atoms with Crippen LogP contribution < -0.4 is 0 Å². The van der Waals surface area contributed by atoms with Crippen molar-refractivity contribution in [3.05, 3.63) is 57.6 Å². The van der Waals surface area contributed by atoms with Gasteiger partial charge in [0.05, 0.1) is 15.5 Å². The van der Waals surface area contributed by atoms with Gasteiger partial charge in [-0.1, -0.05) is 6.07 Å². The van der Waals surface area contributed by atoms with Gasteiger partial charge in [0.25, 0.3) is 5.69 Å². The molecule has 0 bridgehead atoms. The monoisotopic (exact) mass is 363 g/mol. The fourth-order valence-corrected chi connectivity index (χ4v) is 2.92. The van der Waals surface area contributed by atoms with E-state index in [-0.39, 0.29) is 21.9 Å². The van der Waals surface area contributed by atoms with E-state index in [2.05, 4.69) is 4.99 Å². The Labute approximate surface area is 145 Å². The van der Waals surface area contributed by atoms with Gasteiger partial charge < -0.3 is 5.11 Å². The SMILES string of the molecule is Cc1ccc(S(=O)(=O)N(C)C)cc1N=Cc1cc([N+](=O)[O-])ccc1O. The minimum absolute atomic E-state index is 0.0820. The highest BCUT2D eigenvalue weighted by atomic mass is 32.2. The lowest BCUT2D eigenvalue weighted by Crippen LogP contribution is -2.22. The molecule has 0 amide bonds. The van der Waals surface area contributed by atoms with Crippen LogP contribution in [0.15, 0.2) is 46.3 Å². The van der Waals surface area contributed by atoms with Crippen LogP contribution in [0.2, 0.25) is 0 Å². The molecule has 0 saturated carbocycles. The highest BCUT2D eigenvalue weighted by Crippen LogP contribution is 2.26. The number of phenols is 1. The molecule has 2 aromatic carbocycles. The first kappa shape index (κ1) is 18.6. The molecule has 8 nitrogen and oxygen atoms in total. The zero-order valence-electron chi connectivity index (χ0n) is 13.9. The van der Waals surface area contributed by atoms with Crippen molar-refractivity contribution in [3.63, 3.8) is 0 Å². The van der Waals surface area contributed by atoms with Gasteiger partial charge in [-0.15, -0.1) is 0 Å². The highest BCUT2D eigenvalue weighted by molar-refractivity contribution is 7.89. The first-order chi connectivity index (χ1) is 11.6. The molecule has 0 saturated heterocycles. The average Bonchev–Trinajstić information content (AvgIpc) is 2.54. The summed E-state index contributed by atoms with van der Waals surface area (Å²) < 4.78 is 25.5. The number of aryl methyl sites for hydroxylation is 1. The van der Waals surface area contributed by atoms with E-state index in [0.29, 0.717) is 5.69 Å². The summed E-state index contributed by atoms with van der Waals surface area (Å²) in [5.74, 6) is -0.163. The van der Waals surface area contributed by atoms with Gasteiger partial charge in [-0.3, -0.25) is 15.1 Å². The summed E-state index contributed by atoms with van der Waals surface area (Å²) in [7, 11) is -0.745. The molecule has 0 heterocycles. The van der Waals surface area contributed by atoms with E-state index in [1.165, 1.54) is 50.6 Å². The van der Waals surface area contributed by atoms with Crippen LogP contribution in [-0.2, 0) is 10.0 Å². The fourth-order valence-electron chi connectivity index (χ4n) is 2.00. The first-order valence-corrected chi connectivity index (χ1v) is 8.61. The van der Waals surface area contributed by atoms with Crippen LogP contribution in [0.4, 0.5) is 11.4 Å². The van der Waals surface area contributed by atoms with Crippen LogP contribution in [0, 0.1) is 17.0 Å². The standard InChI is InChI=1S/C16H17N3O5S/c1-11-4-6-14(25(23,24)18(2)3)9-15(11)17-10-12-8-13(19(21)22)5-7-16(12)20/h4-10,20H,1-3H3. The van der Waals surface area contributed by atoms with Gasteiger partial charge in [0.15, 0.2) is 0 Å². The average molecular weight is 363 g/mol. The number of phenolic OH excluding ortho intramolecular Hbond substituents is 1. The van der Waals surface area contributed by atoms with Crippen LogP contribution in [0.3, 0.4) is 0 Å². The zero-order valence-corrected chi connectivity index (χ0v) is 14.7. The maximum absolute atomic E-state index is 12.2. The quantitative estimate of drug-likeness (QED) is 0.498. The van der Waals surface area contributed by atoms with Crippen molar-refractivity contribution in [1.82, 2.24) is 4.31 Å². The second-order valence-electron chi connectivity index (χ2n) is 5.49. The third-order valence-corrected chi connectivity index (χ3v) is 5.33. The van der Waals surface area contributed by atoms with Crippen molar-refractivity contribution >= 4 is 27.6 Å². The number of rotatable bonds is 5. The van der Waals surface area contributed by atoms with Crippen LogP contribution in [0.5, 0.6) is 5.75 Å². The molecule has 132 valence electrons. The second-order valence-corrected chi connectivity index (χ2v) is 7.65. The lowest BCUT2D eigenvalue weighted by Gasteiger charge is -2.12. The Hall–Kier alpha value is -2.78. The lowest BCUT2D eigenvalue weighted by molar-refractivity contribution is -0.384. The predicted octanol–water partition coefficient (Wildman–Crippen LogP) is 2.61. The molecule has 1 N–H and O–H groups in total. The summed E-state index contributed by atoms with van der Waals surface area (Å²) in [6.07, 6.45) is 1.26. The van der Waals surface area contributed by atoms with Crippen molar-refractivity contribution in [2.75, 3.05) is 14.1 Å². The number of nitrogens with zero attached hydrogens (tertiary/aromatic N) is 3. The number of non-ortho nitro benzene ring substituents is 1. The van der Waals surface area contributed by atoms with Crippen molar-refractivity contribution in [2.45, 2.75) is 11.8 Å². The molecule has 0 spiro atoms. The molecule has 0 unspecified atom stereocenters. The third-order valence-electron chi connectivity index (χ3n) is 3.52. The van der Waals surface area contributed by atoms with Crippen LogP contribution >= 0.6 is 0 Å². The van der Waals surface area contributed by atoms with Crippen LogP contribution in [0.25, 0.3) is 0 Å². The summed E-state index contributed by atoms with van der Waals surface area (Å²) in [4.78, 5) is 14.5. The van der Waals surface area contributed by atoms with Crippen molar-refractivity contribution in [1.29, 1.82) is 0 Å². The van der Waals surface area contributed by atoms with E-state index in [4.69, 9.17) is 0 Å². The van der Waals surface area contributed by atoms with Crippen molar-refractivity contribution < 1.29 is 18.4 Å². The van der Waals surface area contributed by atoms with Gasteiger partial charge in [-0.05, 0) is 30.7 Å². The Morgan fingerprint density at radius 3 is 2.48 bits per heavy atom. The summed E-state index contributed by atoms with van der Waals surface area (Å²) in [5.41, 5.74) is 1.09. The number of aliphatic imine (C=N–C) groups is 1. The number of sulfonamides is 1. The molecule has 25 heavy (non-hydrogen) atoms. The number of nitro benzene ring substituents is 1. The van der Waals surface area contributed by atoms with E-state index in [1.54, 1.807) is 13.0 Å². The minimum Gasteiger partial charge on any atom is -0.507 e. The molecule has 0 aliphatic rings. The summed E-state index contributed by atoms with van der Waals surface area (Å²) in [5, 5.41) is 20.6.